The second-order valence-corrected chi connectivity index (χ2v) is 9.03. The number of aryl methyl sites for hydroxylation is 1. The lowest BCUT2D eigenvalue weighted by molar-refractivity contribution is 0.0301. The number of hydrogen-bond acceptors (Lipinski definition) is 4. The van der Waals surface area contributed by atoms with Gasteiger partial charge in [-0.15, -0.1) is 0 Å². The molecule has 0 radical (unpaired) electrons. The van der Waals surface area contributed by atoms with Crippen molar-refractivity contribution < 1.29 is 9.47 Å². The Balaban J connectivity index is 1.48. The fourth-order valence-corrected chi connectivity index (χ4v) is 3.87. The molecule has 0 fully saturated rings. The normalized spacial score (nSPS) is 12.0. The van der Waals surface area contributed by atoms with Gasteiger partial charge in [0.15, 0.2) is 11.6 Å². The zero-order chi connectivity index (χ0) is 24.0. The van der Waals surface area contributed by atoms with Gasteiger partial charge in [-0.05, 0) is 42.9 Å². The maximum Gasteiger partial charge on any atom is 0.159 e. The van der Waals surface area contributed by atoms with Crippen LogP contribution in [-0.2, 0) is 11.2 Å². The molecule has 0 N–H and O–H groups in total. The highest BCUT2D eigenvalue weighted by Crippen LogP contribution is 2.24. The van der Waals surface area contributed by atoms with Gasteiger partial charge in [-0.3, -0.25) is 0 Å². The number of aromatic nitrogens is 2. The van der Waals surface area contributed by atoms with E-state index in [2.05, 4.69) is 72.3 Å². The van der Waals surface area contributed by atoms with E-state index in [0.717, 1.165) is 25.0 Å². The van der Waals surface area contributed by atoms with Gasteiger partial charge in [0, 0.05) is 12.2 Å². The summed E-state index contributed by atoms with van der Waals surface area (Å²) < 4.78 is 11.6. The lowest BCUT2D eigenvalue weighted by Crippen LogP contribution is -2.18. The fourth-order valence-electron chi connectivity index (χ4n) is 3.87. The first-order valence-electron chi connectivity index (χ1n) is 13.0. The molecular formula is C30H40N2O2. The Morgan fingerprint density at radius 3 is 1.94 bits per heavy atom. The first-order valence-corrected chi connectivity index (χ1v) is 13.0. The van der Waals surface area contributed by atoms with E-state index in [0.29, 0.717) is 18.2 Å². The lowest BCUT2D eigenvalue weighted by atomic mass is 10.0. The van der Waals surface area contributed by atoms with E-state index in [1.165, 1.54) is 55.2 Å². The van der Waals surface area contributed by atoms with Crippen LogP contribution in [0.15, 0.2) is 60.9 Å². The van der Waals surface area contributed by atoms with Crippen molar-refractivity contribution in [3.05, 3.63) is 66.5 Å². The molecule has 0 bridgehead atoms. The molecule has 0 aliphatic heterocycles. The molecule has 1 atom stereocenters. The quantitative estimate of drug-likeness (QED) is 0.216. The van der Waals surface area contributed by atoms with Crippen molar-refractivity contribution in [3.8, 4) is 28.3 Å². The zero-order valence-electron chi connectivity index (χ0n) is 21.1. The van der Waals surface area contributed by atoms with E-state index in [1.807, 2.05) is 6.92 Å². The first-order chi connectivity index (χ1) is 16.7. The van der Waals surface area contributed by atoms with Crippen LogP contribution in [0.5, 0.6) is 5.75 Å². The van der Waals surface area contributed by atoms with E-state index in [-0.39, 0.29) is 6.10 Å². The minimum atomic E-state index is 0.0549. The van der Waals surface area contributed by atoms with Crippen molar-refractivity contribution >= 4 is 0 Å². The third kappa shape index (κ3) is 8.57. The zero-order valence-corrected chi connectivity index (χ0v) is 21.1. The molecule has 0 aliphatic carbocycles. The second kappa shape index (κ2) is 14.5. The average Bonchev–Trinajstić information content (AvgIpc) is 2.88. The summed E-state index contributed by atoms with van der Waals surface area (Å²) in [6, 6.07) is 17.4. The van der Waals surface area contributed by atoms with Crippen LogP contribution in [0.25, 0.3) is 22.5 Å². The van der Waals surface area contributed by atoms with Crippen LogP contribution >= 0.6 is 0 Å². The van der Waals surface area contributed by atoms with Crippen molar-refractivity contribution in [1.29, 1.82) is 0 Å². The number of ether oxygens (including phenoxy) is 2. The molecule has 0 amide bonds. The molecule has 182 valence electrons. The van der Waals surface area contributed by atoms with Crippen LogP contribution in [0.3, 0.4) is 0 Å². The Morgan fingerprint density at radius 1 is 0.706 bits per heavy atom. The van der Waals surface area contributed by atoms with Gasteiger partial charge in [-0.25, -0.2) is 9.97 Å². The Labute approximate surface area is 205 Å². The van der Waals surface area contributed by atoms with Crippen LogP contribution in [-0.4, -0.2) is 29.3 Å². The molecule has 4 nitrogen and oxygen atoms in total. The summed E-state index contributed by atoms with van der Waals surface area (Å²) in [7, 11) is 0. The van der Waals surface area contributed by atoms with Crippen LogP contribution in [0, 0.1) is 0 Å². The first kappa shape index (κ1) is 25.9. The summed E-state index contributed by atoms with van der Waals surface area (Å²) in [5.74, 6) is 1.37. The molecule has 0 saturated heterocycles. The molecule has 3 rings (SSSR count). The minimum absolute atomic E-state index is 0.0549. The molecule has 0 spiro atoms. The van der Waals surface area contributed by atoms with Gasteiger partial charge in [0.25, 0.3) is 0 Å². The third-order valence-electron chi connectivity index (χ3n) is 6.01. The average molecular weight is 461 g/mol. The summed E-state index contributed by atoms with van der Waals surface area (Å²) >= 11 is 0. The molecule has 1 heterocycles. The van der Waals surface area contributed by atoms with E-state index in [1.54, 1.807) is 12.4 Å². The van der Waals surface area contributed by atoms with Gasteiger partial charge in [0.05, 0.1) is 18.5 Å². The highest BCUT2D eigenvalue weighted by molar-refractivity contribution is 5.67. The highest BCUT2D eigenvalue weighted by Gasteiger charge is 2.07. The maximum absolute atomic E-state index is 5.81. The predicted molar refractivity (Wildman–Crippen MR) is 141 cm³/mol. The van der Waals surface area contributed by atoms with Gasteiger partial charge in [-0.1, -0.05) is 94.5 Å². The van der Waals surface area contributed by atoms with Crippen LogP contribution in [0.2, 0.25) is 0 Å². The molecule has 4 heteroatoms. The van der Waals surface area contributed by atoms with Gasteiger partial charge < -0.3 is 9.47 Å². The van der Waals surface area contributed by atoms with Crippen LogP contribution in [0.1, 0.15) is 71.3 Å². The van der Waals surface area contributed by atoms with Crippen molar-refractivity contribution in [2.75, 3.05) is 13.2 Å². The number of rotatable bonds is 15. The summed E-state index contributed by atoms with van der Waals surface area (Å²) in [6.07, 6.45) is 13.4. The molecule has 2 aromatic carbocycles. The molecule has 0 saturated carbocycles. The molecule has 1 aromatic heterocycles. The summed E-state index contributed by atoms with van der Waals surface area (Å²) in [4.78, 5) is 8.99. The van der Waals surface area contributed by atoms with E-state index >= 15 is 0 Å². The molecular weight excluding hydrogens is 420 g/mol. The Hall–Kier alpha value is -2.72. The maximum atomic E-state index is 5.81. The highest BCUT2D eigenvalue weighted by atomic mass is 16.5. The van der Waals surface area contributed by atoms with Gasteiger partial charge >= 0.3 is 0 Å². The molecule has 34 heavy (non-hydrogen) atoms. The van der Waals surface area contributed by atoms with Gasteiger partial charge in [0.1, 0.15) is 6.61 Å². The fraction of sp³-hybridized carbons (Fsp3) is 0.467. The molecule has 3 aromatic rings. The van der Waals surface area contributed by atoms with E-state index in [4.69, 9.17) is 9.47 Å². The van der Waals surface area contributed by atoms with E-state index in [9.17, 15) is 0 Å². The minimum Gasteiger partial charge on any atom is -0.488 e. The number of unbranched alkanes of at least 4 members (excludes halogenated alkanes) is 5. The SMILES string of the molecule is CCCCCCO[C@@H](C)COc1cnc(-c2ccc(-c3ccc(CCCCC)cc3)cc2)nc1. The van der Waals surface area contributed by atoms with Crippen molar-refractivity contribution in [2.24, 2.45) is 0 Å². The smallest absolute Gasteiger partial charge is 0.159 e. The lowest BCUT2D eigenvalue weighted by Gasteiger charge is -2.14. The topological polar surface area (TPSA) is 44.2 Å². The summed E-state index contributed by atoms with van der Waals surface area (Å²) in [6.45, 7) is 7.79. The second-order valence-electron chi connectivity index (χ2n) is 9.03. The Morgan fingerprint density at radius 2 is 1.29 bits per heavy atom. The van der Waals surface area contributed by atoms with Crippen LogP contribution in [0.4, 0.5) is 0 Å². The van der Waals surface area contributed by atoms with Crippen LogP contribution < -0.4 is 4.74 Å². The van der Waals surface area contributed by atoms with Gasteiger partial charge in [-0.2, -0.15) is 0 Å². The molecule has 0 aliphatic rings. The standard InChI is InChI=1S/C30H40N2O2/c1-4-6-8-10-20-33-24(3)23-34-29-21-31-30(32-22-29)28-18-16-27(17-19-28)26-14-12-25(13-15-26)11-9-7-5-2/h12-19,21-22,24H,4-11,20,23H2,1-3H3/t24-/m0/s1. The number of hydrogen-bond donors (Lipinski definition) is 0. The number of benzene rings is 2. The third-order valence-corrected chi connectivity index (χ3v) is 6.01. The Kier molecular flexibility index (Phi) is 11.1. The predicted octanol–water partition coefficient (Wildman–Crippen LogP) is 7.91. The van der Waals surface area contributed by atoms with E-state index < -0.39 is 0 Å². The van der Waals surface area contributed by atoms with Crippen molar-refractivity contribution in [3.63, 3.8) is 0 Å². The summed E-state index contributed by atoms with van der Waals surface area (Å²) in [5.41, 5.74) is 4.84. The van der Waals surface area contributed by atoms with Crippen molar-refractivity contribution in [1.82, 2.24) is 9.97 Å². The number of nitrogens with zero attached hydrogens (tertiary/aromatic N) is 2. The largest absolute Gasteiger partial charge is 0.488 e. The Bertz CT molecular complexity index is 937. The molecule has 0 unspecified atom stereocenters. The van der Waals surface area contributed by atoms with Gasteiger partial charge in [0.2, 0.25) is 0 Å². The summed E-state index contributed by atoms with van der Waals surface area (Å²) in [5, 5.41) is 0. The van der Waals surface area contributed by atoms with Crippen molar-refractivity contribution in [2.45, 2.75) is 78.2 Å². The monoisotopic (exact) mass is 460 g/mol.